The van der Waals surface area contributed by atoms with Gasteiger partial charge in [-0.2, -0.15) is 0 Å². The van der Waals surface area contributed by atoms with Gasteiger partial charge in [0.25, 0.3) is 5.91 Å². The van der Waals surface area contributed by atoms with Crippen LogP contribution in [-0.4, -0.2) is 25.4 Å². The number of hydrogen-bond donors (Lipinski definition) is 0. The number of benzene rings is 1. The molecule has 82 valence electrons. The highest BCUT2D eigenvalue weighted by Crippen LogP contribution is 2.13. The molecule has 3 aromatic rings. The van der Waals surface area contributed by atoms with Crippen LogP contribution in [-0.2, 0) is 0 Å². The molecule has 5 nitrogen and oxygen atoms in total. The van der Waals surface area contributed by atoms with Crippen LogP contribution < -0.4 is 0 Å². The molecule has 0 aliphatic rings. The fourth-order valence-corrected chi connectivity index (χ4v) is 1.67. The Morgan fingerprint density at radius 1 is 1.12 bits per heavy atom. The molecule has 0 fully saturated rings. The molecular formula is C12H8N4O. The second kappa shape index (κ2) is 3.79. The summed E-state index contributed by atoms with van der Waals surface area (Å²) < 4.78 is 1.49. The molecule has 0 atom stereocenters. The highest BCUT2D eigenvalue weighted by Gasteiger charge is 2.11. The predicted molar refractivity (Wildman–Crippen MR) is 61.5 cm³/mol. The molecule has 0 N–H and O–H groups in total. The Hall–Kier alpha value is -2.56. The highest BCUT2D eigenvalue weighted by molar-refractivity contribution is 6.00. The lowest BCUT2D eigenvalue weighted by Gasteiger charge is -2.01. The average molecular weight is 224 g/mol. The van der Waals surface area contributed by atoms with Crippen LogP contribution >= 0.6 is 0 Å². The van der Waals surface area contributed by atoms with Crippen LogP contribution in [0.25, 0.3) is 11.0 Å². The normalized spacial score (nSPS) is 10.6. The molecular weight excluding hydrogens is 216 g/mol. The maximum absolute atomic E-state index is 12.2. The van der Waals surface area contributed by atoms with E-state index in [4.69, 9.17) is 0 Å². The molecule has 5 heteroatoms. The summed E-state index contributed by atoms with van der Waals surface area (Å²) in [5, 5.41) is 0. The molecule has 2 heterocycles. The Kier molecular flexibility index (Phi) is 2.15. The standard InChI is InChI=1S/C12H8N4O/c17-12(9-5-13-7-14-6-9)16-8-15-10-3-1-2-4-11(10)16/h1-8H. The van der Waals surface area contributed by atoms with Gasteiger partial charge in [0.2, 0.25) is 0 Å². The Balaban J connectivity index is 2.14. The Morgan fingerprint density at radius 2 is 1.88 bits per heavy atom. The summed E-state index contributed by atoms with van der Waals surface area (Å²) in [6, 6.07) is 7.47. The predicted octanol–water partition coefficient (Wildman–Crippen LogP) is 1.51. The Bertz CT molecular complexity index is 675. The summed E-state index contributed by atoms with van der Waals surface area (Å²) in [4.78, 5) is 24.0. The van der Waals surface area contributed by atoms with E-state index < -0.39 is 0 Å². The minimum Gasteiger partial charge on any atom is -0.268 e. The van der Waals surface area contributed by atoms with Crippen LogP contribution in [0.1, 0.15) is 10.4 Å². The third kappa shape index (κ3) is 1.57. The zero-order valence-electron chi connectivity index (χ0n) is 8.82. The Morgan fingerprint density at radius 3 is 2.71 bits per heavy atom. The lowest BCUT2D eigenvalue weighted by atomic mass is 10.3. The number of hydrogen-bond acceptors (Lipinski definition) is 4. The van der Waals surface area contributed by atoms with Crippen LogP contribution in [0.3, 0.4) is 0 Å². The van der Waals surface area contributed by atoms with Crippen molar-refractivity contribution in [2.75, 3.05) is 0 Å². The quantitative estimate of drug-likeness (QED) is 0.628. The number of imidazole rings is 1. The number of rotatable bonds is 1. The molecule has 0 radical (unpaired) electrons. The number of fused-ring (bicyclic) bond motifs is 1. The lowest BCUT2D eigenvalue weighted by Crippen LogP contribution is -2.11. The molecule has 0 aliphatic heterocycles. The summed E-state index contributed by atoms with van der Waals surface area (Å²) >= 11 is 0. The van der Waals surface area contributed by atoms with Crippen molar-refractivity contribution in [3.63, 3.8) is 0 Å². The summed E-state index contributed by atoms with van der Waals surface area (Å²) in [5.74, 6) is -0.181. The fourth-order valence-electron chi connectivity index (χ4n) is 1.67. The van der Waals surface area contributed by atoms with Gasteiger partial charge < -0.3 is 0 Å². The van der Waals surface area contributed by atoms with Gasteiger partial charge in [0.1, 0.15) is 12.7 Å². The van der Waals surface area contributed by atoms with Crippen molar-refractivity contribution in [1.82, 2.24) is 19.5 Å². The van der Waals surface area contributed by atoms with Crippen LogP contribution in [0.4, 0.5) is 0 Å². The topological polar surface area (TPSA) is 60.7 Å². The first kappa shape index (κ1) is 9.65. The van der Waals surface area contributed by atoms with Gasteiger partial charge in [0, 0.05) is 12.4 Å². The monoisotopic (exact) mass is 224 g/mol. The molecule has 0 aliphatic carbocycles. The molecule has 3 rings (SSSR count). The van der Waals surface area contributed by atoms with Crippen molar-refractivity contribution in [1.29, 1.82) is 0 Å². The molecule has 0 saturated heterocycles. The second-order valence-electron chi connectivity index (χ2n) is 3.54. The summed E-state index contributed by atoms with van der Waals surface area (Å²) in [6.45, 7) is 0. The maximum atomic E-state index is 12.2. The molecule has 17 heavy (non-hydrogen) atoms. The van der Waals surface area contributed by atoms with Gasteiger partial charge in [0.15, 0.2) is 0 Å². The van der Waals surface area contributed by atoms with Crippen molar-refractivity contribution in [3.8, 4) is 0 Å². The molecule has 0 saturated carbocycles. The third-order valence-electron chi connectivity index (χ3n) is 2.48. The first-order chi connectivity index (χ1) is 8.36. The van der Waals surface area contributed by atoms with Crippen molar-refractivity contribution >= 4 is 16.9 Å². The molecule has 0 unspecified atom stereocenters. The maximum Gasteiger partial charge on any atom is 0.266 e. The van der Waals surface area contributed by atoms with E-state index in [2.05, 4.69) is 15.0 Å². The van der Waals surface area contributed by atoms with E-state index in [0.29, 0.717) is 5.56 Å². The van der Waals surface area contributed by atoms with Crippen LogP contribution in [0.5, 0.6) is 0 Å². The van der Waals surface area contributed by atoms with E-state index in [9.17, 15) is 4.79 Å². The van der Waals surface area contributed by atoms with Crippen molar-refractivity contribution in [2.24, 2.45) is 0 Å². The molecule has 0 amide bonds. The molecule has 2 aromatic heterocycles. The van der Waals surface area contributed by atoms with E-state index in [1.54, 1.807) is 0 Å². The number of carbonyl (C=O) groups is 1. The van der Waals surface area contributed by atoms with Crippen LogP contribution in [0.15, 0.2) is 49.3 Å². The zero-order valence-corrected chi connectivity index (χ0v) is 8.82. The SMILES string of the molecule is O=C(c1cncnc1)n1cnc2ccccc21. The fraction of sp³-hybridized carbons (Fsp3) is 0. The van der Waals surface area contributed by atoms with E-state index in [1.165, 1.54) is 29.6 Å². The number of aromatic nitrogens is 4. The minimum atomic E-state index is -0.181. The van der Waals surface area contributed by atoms with Gasteiger partial charge in [-0.05, 0) is 12.1 Å². The summed E-state index contributed by atoms with van der Waals surface area (Å²) in [5.41, 5.74) is 2.01. The van der Waals surface area contributed by atoms with E-state index in [-0.39, 0.29) is 5.91 Å². The second-order valence-corrected chi connectivity index (χ2v) is 3.54. The van der Waals surface area contributed by atoms with Crippen molar-refractivity contribution in [2.45, 2.75) is 0 Å². The van der Waals surface area contributed by atoms with Crippen molar-refractivity contribution in [3.05, 3.63) is 54.9 Å². The smallest absolute Gasteiger partial charge is 0.266 e. The number of carbonyl (C=O) groups excluding carboxylic acids is 1. The molecule has 0 spiro atoms. The first-order valence-electron chi connectivity index (χ1n) is 5.08. The van der Waals surface area contributed by atoms with Gasteiger partial charge in [0.05, 0.1) is 16.6 Å². The van der Waals surface area contributed by atoms with Crippen LogP contribution in [0.2, 0.25) is 0 Å². The van der Waals surface area contributed by atoms with Gasteiger partial charge in [-0.25, -0.2) is 15.0 Å². The third-order valence-corrected chi connectivity index (χ3v) is 2.48. The molecule has 1 aromatic carbocycles. The van der Waals surface area contributed by atoms with Gasteiger partial charge >= 0.3 is 0 Å². The summed E-state index contributed by atoms with van der Waals surface area (Å²) in [6.07, 6.45) is 5.89. The van der Waals surface area contributed by atoms with Gasteiger partial charge in [-0.15, -0.1) is 0 Å². The van der Waals surface area contributed by atoms with Crippen molar-refractivity contribution < 1.29 is 4.79 Å². The van der Waals surface area contributed by atoms with E-state index >= 15 is 0 Å². The van der Waals surface area contributed by atoms with Gasteiger partial charge in [-0.1, -0.05) is 12.1 Å². The average Bonchev–Trinajstić information content (AvgIpc) is 2.83. The number of para-hydroxylation sites is 2. The van der Waals surface area contributed by atoms with E-state index in [0.717, 1.165) is 11.0 Å². The lowest BCUT2D eigenvalue weighted by molar-refractivity contribution is 0.0963. The minimum absolute atomic E-state index is 0.181. The number of nitrogens with zero attached hydrogens (tertiary/aromatic N) is 4. The van der Waals surface area contributed by atoms with Gasteiger partial charge in [-0.3, -0.25) is 9.36 Å². The zero-order chi connectivity index (χ0) is 11.7. The van der Waals surface area contributed by atoms with E-state index in [1.807, 2.05) is 24.3 Å². The molecule has 0 bridgehead atoms. The largest absolute Gasteiger partial charge is 0.268 e. The highest BCUT2D eigenvalue weighted by atomic mass is 16.2. The van der Waals surface area contributed by atoms with Crippen LogP contribution in [0, 0.1) is 0 Å². The summed E-state index contributed by atoms with van der Waals surface area (Å²) in [7, 11) is 0. The Labute approximate surface area is 96.8 Å². The first-order valence-corrected chi connectivity index (χ1v) is 5.08.